The van der Waals surface area contributed by atoms with Gasteiger partial charge in [-0.25, -0.2) is 22.6 Å². The molecule has 3 saturated heterocycles. The lowest BCUT2D eigenvalue weighted by Gasteiger charge is -2.40. The topological polar surface area (TPSA) is 199 Å². The summed E-state index contributed by atoms with van der Waals surface area (Å²) in [5.41, 5.74) is 6.23. The molecule has 0 unspecified atom stereocenters. The smallest absolute Gasteiger partial charge is 0.329 e. The van der Waals surface area contributed by atoms with Crippen LogP contribution in [0.2, 0.25) is 0 Å². The van der Waals surface area contributed by atoms with Gasteiger partial charge in [-0.3, -0.25) is 38.9 Å². The van der Waals surface area contributed by atoms with Crippen LogP contribution in [-0.2, 0) is 21.9 Å². The van der Waals surface area contributed by atoms with Gasteiger partial charge in [0.05, 0.1) is 45.9 Å². The van der Waals surface area contributed by atoms with Gasteiger partial charge in [-0.1, -0.05) is 0 Å². The first-order valence-corrected chi connectivity index (χ1v) is 25.3. The number of halogens is 2. The number of nitrogens with zero attached hydrogens (tertiary/aromatic N) is 11. The predicted octanol–water partition coefficient (Wildman–Crippen LogP) is 6.46. The number of hydrogen-bond donors (Lipinski definition) is 3. The number of anilines is 8. The van der Waals surface area contributed by atoms with Crippen molar-refractivity contribution in [2.45, 2.75) is 38.0 Å². The Bertz CT molecular complexity index is 3070. The van der Waals surface area contributed by atoms with Crippen molar-refractivity contribution >= 4 is 106 Å². The summed E-state index contributed by atoms with van der Waals surface area (Å²) in [6.07, 6.45) is 10.4. The number of piperidine rings is 1. The molecule has 6 aromatic rings. The highest BCUT2D eigenvalue weighted by Gasteiger charge is 2.33. The molecule has 1 aliphatic carbocycles. The highest BCUT2D eigenvalue weighted by atomic mass is 79.9. The number of sulfonamides is 1. The SMILES string of the molecule is COc1cc(N2CCC(CN3CCN(c4cc5c(cc4F)c(N4CCC(=O)NC4=O)nn5C)CC3)CC2)c(C2CC2)cc1Nc1ncc(Br)c(Nc2ccc3nccnc3c2N(C)S(C)(=O)=O)n1. The molecule has 10 rings (SSSR count). The van der Waals surface area contributed by atoms with E-state index < -0.39 is 16.1 Å². The van der Waals surface area contributed by atoms with Crippen molar-refractivity contribution in [1.82, 2.24) is 39.9 Å². The number of benzene rings is 3. The maximum atomic E-state index is 15.8. The maximum Gasteiger partial charge on any atom is 0.329 e. The molecule has 1 saturated carbocycles. The van der Waals surface area contributed by atoms with E-state index in [4.69, 9.17) is 9.72 Å². The number of urea groups is 1. The zero-order valence-electron chi connectivity index (χ0n) is 38.2. The molecule has 6 heterocycles. The molecule has 0 radical (unpaired) electrons. The minimum absolute atomic E-state index is 0.162. The third kappa shape index (κ3) is 9.03. The summed E-state index contributed by atoms with van der Waals surface area (Å²) in [6.45, 7) is 6.08. The van der Waals surface area contributed by atoms with E-state index in [1.54, 1.807) is 43.4 Å². The number of nitrogens with one attached hydrogen (secondary N) is 3. The van der Waals surface area contributed by atoms with Gasteiger partial charge in [-0.2, -0.15) is 10.1 Å². The van der Waals surface area contributed by atoms with Crippen LogP contribution in [0, 0.1) is 11.7 Å². The van der Waals surface area contributed by atoms with Gasteiger partial charge in [0.25, 0.3) is 0 Å². The Labute approximate surface area is 401 Å². The van der Waals surface area contributed by atoms with Gasteiger partial charge >= 0.3 is 6.03 Å². The van der Waals surface area contributed by atoms with E-state index in [2.05, 4.69) is 78.8 Å². The van der Waals surface area contributed by atoms with E-state index in [1.165, 1.54) is 39.8 Å². The molecule has 0 atom stereocenters. The van der Waals surface area contributed by atoms with Crippen LogP contribution in [0.3, 0.4) is 0 Å². The Morgan fingerprint density at radius 3 is 2.38 bits per heavy atom. The van der Waals surface area contributed by atoms with Crippen LogP contribution < -0.4 is 39.7 Å². The lowest BCUT2D eigenvalue weighted by molar-refractivity contribution is -0.120. The Morgan fingerprint density at radius 2 is 1.66 bits per heavy atom. The number of hydrogen-bond acceptors (Lipinski definition) is 15. The summed E-state index contributed by atoms with van der Waals surface area (Å²) in [5.74, 6) is 2.04. The molecule has 0 spiro atoms. The Hall–Kier alpha value is -6.39. The van der Waals surface area contributed by atoms with E-state index in [9.17, 15) is 18.0 Å². The van der Waals surface area contributed by atoms with Crippen molar-refractivity contribution in [2.24, 2.45) is 13.0 Å². The van der Waals surface area contributed by atoms with Crippen molar-refractivity contribution in [3.8, 4) is 5.75 Å². The second-order valence-electron chi connectivity index (χ2n) is 17.9. The molecule has 356 valence electrons. The average molecular weight is 1010 g/mol. The summed E-state index contributed by atoms with van der Waals surface area (Å²) >= 11 is 3.57. The number of carbonyl (C=O) groups is 2. The van der Waals surface area contributed by atoms with Crippen molar-refractivity contribution < 1.29 is 27.1 Å². The van der Waals surface area contributed by atoms with Gasteiger partial charge in [0.1, 0.15) is 28.6 Å². The lowest BCUT2D eigenvalue weighted by atomic mass is 9.94. The number of aromatic nitrogens is 6. The number of imide groups is 1. The van der Waals surface area contributed by atoms with Crippen molar-refractivity contribution in [1.29, 1.82) is 0 Å². The summed E-state index contributed by atoms with van der Waals surface area (Å²) < 4.78 is 50.7. The highest BCUT2D eigenvalue weighted by Crippen LogP contribution is 2.49. The third-order valence-electron chi connectivity index (χ3n) is 13.4. The molecule has 0 bridgehead atoms. The van der Waals surface area contributed by atoms with Crippen LogP contribution >= 0.6 is 15.9 Å². The van der Waals surface area contributed by atoms with Crippen molar-refractivity contribution in [3.05, 3.63) is 70.8 Å². The normalized spacial score (nSPS) is 17.5. The van der Waals surface area contributed by atoms with Gasteiger partial charge in [-0.05, 0) is 89.3 Å². The predicted molar refractivity (Wildman–Crippen MR) is 264 cm³/mol. The maximum absolute atomic E-state index is 15.8. The first kappa shape index (κ1) is 45.4. The Morgan fingerprint density at radius 1 is 0.912 bits per heavy atom. The fourth-order valence-electron chi connectivity index (χ4n) is 9.57. The van der Waals surface area contributed by atoms with Crippen molar-refractivity contribution in [3.63, 3.8) is 0 Å². The Kier molecular flexibility index (Phi) is 12.2. The molecule has 22 heteroatoms. The minimum Gasteiger partial charge on any atom is -0.494 e. The van der Waals surface area contributed by atoms with E-state index in [1.807, 2.05) is 6.07 Å². The lowest BCUT2D eigenvalue weighted by Crippen LogP contribution is -2.49. The standard InChI is InChI=1S/C46H52BrFN14O5S/c1-57-36-23-38(32(48)21-30(36)44(56-57)62-16-11-40(63)54-46(62)64)61-19-17-59(18-20-61)26-27-9-14-60(15-10-27)37-24-39(67-3)35(22-29(37)28-5-6-28)53-45-51-25-31(47)43(55-45)52-34-8-7-33-41(50-13-12-49-33)42(34)58(2)68(4,65)66/h7-8,12-13,21-25,27-28H,5-6,9-11,14-20,26H2,1-4H3,(H,54,63,64)(H2,51,52,53,55). The van der Waals surface area contributed by atoms with Crippen LogP contribution in [0.5, 0.6) is 5.75 Å². The zero-order chi connectivity index (χ0) is 47.4. The second kappa shape index (κ2) is 18.3. The summed E-state index contributed by atoms with van der Waals surface area (Å²) in [4.78, 5) is 50.9. The zero-order valence-corrected chi connectivity index (χ0v) is 40.6. The number of fused-ring (bicyclic) bond motifs is 2. The van der Waals surface area contributed by atoms with Crippen LogP contribution in [0.25, 0.3) is 21.9 Å². The van der Waals surface area contributed by atoms with E-state index in [-0.39, 0.29) is 24.7 Å². The van der Waals surface area contributed by atoms with Crippen LogP contribution in [-0.4, -0.2) is 128 Å². The van der Waals surface area contributed by atoms with Gasteiger partial charge < -0.3 is 25.2 Å². The van der Waals surface area contributed by atoms with E-state index >= 15 is 4.39 Å². The molecular weight excluding hydrogens is 960 g/mol. The molecule has 68 heavy (non-hydrogen) atoms. The molecule has 3 aromatic heterocycles. The third-order valence-corrected chi connectivity index (χ3v) is 15.2. The number of carbonyl (C=O) groups excluding carboxylic acids is 2. The van der Waals surface area contributed by atoms with Gasteiger partial charge in [0.2, 0.25) is 21.9 Å². The fourth-order valence-corrected chi connectivity index (χ4v) is 10.4. The summed E-state index contributed by atoms with van der Waals surface area (Å²) in [7, 11) is 1.27. The fraction of sp³-hybridized carbons (Fsp3) is 0.413. The average Bonchev–Trinajstić information content (AvgIpc) is 4.13. The molecule has 3 amide bonds. The largest absolute Gasteiger partial charge is 0.494 e. The van der Waals surface area contributed by atoms with Gasteiger partial charge in [0, 0.05) is 109 Å². The van der Waals surface area contributed by atoms with Crippen LogP contribution in [0.15, 0.2) is 59.5 Å². The first-order valence-electron chi connectivity index (χ1n) is 22.7. The molecule has 4 fully saturated rings. The summed E-state index contributed by atoms with van der Waals surface area (Å²) in [6, 6.07) is 10.6. The van der Waals surface area contributed by atoms with E-state index in [0.29, 0.717) is 86.2 Å². The first-order chi connectivity index (χ1) is 32.7. The van der Waals surface area contributed by atoms with Gasteiger partial charge in [0.15, 0.2) is 5.82 Å². The number of rotatable bonds is 13. The number of methoxy groups -OCH3 is 1. The second-order valence-corrected chi connectivity index (χ2v) is 20.8. The monoisotopic (exact) mass is 1010 g/mol. The minimum atomic E-state index is -3.65. The van der Waals surface area contributed by atoms with E-state index in [0.717, 1.165) is 75.9 Å². The molecule has 3 N–H and O–H groups in total. The molecule has 4 aliphatic rings. The molecular formula is C46H52BrFN14O5S. The number of aryl methyl sites for hydroxylation is 1. The number of ether oxygens (including phenoxy) is 1. The number of piperazine rings is 1. The highest BCUT2D eigenvalue weighted by molar-refractivity contribution is 9.10. The van der Waals surface area contributed by atoms with Gasteiger partial charge in [-0.15, -0.1) is 0 Å². The molecule has 19 nitrogen and oxygen atoms in total. The summed E-state index contributed by atoms with van der Waals surface area (Å²) in [5, 5.41) is 14.1. The van der Waals surface area contributed by atoms with Crippen molar-refractivity contribution in [2.75, 3.05) is 102 Å². The quantitative estimate of drug-likeness (QED) is 0.114. The van der Waals surface area contributed by atoms with Crippen LogP contribution in [0.1, 0.15) is 43.6 Å². The molecule has 3 aromatic carbocycles. The Balaban J connectivity index is 0.787. The molecule has 3 aliphatic heterocycles. The number of amides is 3. The van der Waals surface area contributed by atoms with Crippen LogP contribution in [0.4, 0.5) is 55.2 Å².